The Morgan fingerprint density at radius 1 is 1.75 bits per heavy atom. The van der Waals surface area contributed by atoms with Gasteiger partial charge < -0.3 is 11.1 Å². The largest absolute Gasteiger partial charge is 0.330 e. The molecule has 1 unspecified atom stereocenters. The molecule has 12 heavy (non-hydrogen) atoms. The van der Waals surface area contributed by atoms with Crippen molar-refractivity contribution in [2.75, 3.05) is 13.1 Å². The molecule has 1 rings (SSSR count). The molecule has 0 aromatic carbocycles. The van der Waals surface area contributed by atoms with Crippen molar-refractivity contribution in [2.45, 2.75) is 19.4 Å². The third kappa shape index (κ3) is 2.64. The highest BCUT2D eigenvalue weighted by atomic mass is 15.1. The normalized spacial score (nSPS) is 13.2. The Balaban J connectivity index is 2.25. The number of rotatable bonds is 5. The molecule has 0 saturated carbocycles. The molecule has 0 fully saturated rings. The summed E-state index contributed by atoms with van der Waals surface area (Å²) >= 11 is 0. The molecule has 0 spiro atoms. The van der Waals surface area contributed by atoms with Crippen LogP contribution in [0, 0.1) is 0 Å². The standard InChI is InChI=1S/C8H16N4/c1-7(10-5-2-4-9)8-3-6-11-12-8/h3,6-7,10H,2,4-5,9H2,1H3,(H,11,12). The molecule has 0 aliphatic heterocycles. The molecule has 4 heteroatoms. The Bertz CT molecular complexity index is 195. The van der Waals surface area contributed by atoms with E-state index in [0.29, 0.717) is 6.04 Å². The predicted molar refractivity (Wildman–Crippen MR) is 48.7 cm³/mol. The van der Waals surface area contributed by atoms with Crippen molar-refractivity contribution in [3.05, 3.63) is 18.0 Å². The summed E-state index contributed by atoms with van der Waals surface area (Å²) in [5.41, 5.74) is 6.49. The molecule has 1 atom stereocenters. The van der Waals surface area contributed by atoms with Crippen LogP contribution in [-0.4, -0.2) is 23.3 Å². The fraction of sp³-hybridized carbons (Fsp3) is 0.625. The Labute approximate surface area is 72.5 Å². The fourth-order valence-corrected chi connectivity index (χ4v) is 1.04. The average Bonchev–Trinajstić information content (AvgIpc) is 2.56. The SMILES string of the molecule is CC(NCCCN)c1ccn[nH]1. The maximum absolute atomic E-state index is 5.37. The minimum atomic E-state index is 0.332. The van der Waals surface area contributed by atoms with E-state index in [1.807, 2.05) is 6.07 Å². The first kappa shape index (κ1) is 9.22. The summed E-state index contributed by atoms with van der Waals surface area (Å²) in [5.74, 6) is 0. The smallest absolute Gasteiger partial charge is 0.0518 e. The van der Waals surface area contributed by atoms with Gasteiger partial charge in [0.15, 0.2) is 0 Å². The number of nitrogens with zero attached hydrogens (tertiary/aromatic N) is 1. The molecule has 0 aliphatic carbocycles. The number of hydrogen-bond donors (Lipinski definition) is 3. The highest BCUT2D eigenvalue weighted by molar-refractivity contribution is 5.02. The second kappa shape index (κ2) is 4.90. The number of nitrogens with one attached hydrogen (secondary N) is 2. The van der Waals surface area contributed by atoms with Crippen molar-refractivity contribution in [3.63, 3.8) is 0 Å². The molecule has 1 heterocycles. The highest BCUT2D eigenvalue weighted by Crippen LogP contribution is 2.06. The van der Waals surface area contributed by atoms with Gasteiger partial charge in [-0.3, -0.25) is 5.10 Å². The lowest BCUT2D eigenvalue weighted by atomic mass is 10.2. The predicted octanol–water partition coefficient (Wildman–Crippen LogP) is 0.409. The van der Waals surface area contributed by atoms with E-state index < -0.39 is 0 Å². The summed E-state index contributed by atoms with van der Waals surface area (Å²) in [5, 5.41) is 10.1. The van der Waals surface area contributed by atoms with Crippen LogP contribution < -0.4 is 11.1 Å². The molecule has 0 bridgehead atoms. The average molecular weight is 168 g/mol. The van der Waals surface area contributed by atoms with Gasteiger partial charge in [-0.05, 0) is 32.5 Å². The van der Waals surface area contributed by atoms with Gasteiger partial charge in [-0.1, -0.05) is 0 Å². The van der Waals surface area contributed by atoms with Crippen LogP contribution in [0.5, 0.6) is 0 Å². The van der Waals surface area contributed by atoms with E-state index in [4.69, 9.17) is 5.73 Å². The van der Waals surface area contributed by atoms with E-state index >= 15 is 0 Å². The van der Waals surface area contributed by atoms with Crippen LogP contribution in [-0.2, 0) is 0 Å². The summed E-state index contributed by atoms with van der Waals surface area (Å²) in [6, 6.07) is 2.30. The number of nitrogens with two attached hydrogens (primary N) is 1. The minimum absolute atomic E-state index is 0.332. The zero-order chi connectivity index (χ0) is 8.81. The Morgan fingerprint density at radius 3 is 3.17 bits per heavy atom. The van der Waals surface area contributed by atoms with Crippen LogP contribution in [0.3, 0.4) is 0 Å². The van der Waals surface area contributed by atoms with Crippen LogP contribution in [0.25, 0.3) is 0 Å². The number of aromatic nitrogens is 2. The molecule has 4 N–H and O–H groups in total. The summed E-state index contributed by atoms with van der Waals surface area (Å²) in [7, 11) is 0. The number of hydrogen-bond acceptors (Lipinski definition) is 3. The maximum atomic E-state index is 5.37. The second-order valence-corrected chi connectivity index (χ2v) is 2.83. The summed E-state index contributed by atoms with van der Waals surface area (Å²) < 4.78 is 0. The van der Waals surface area contributed by atoms with Gasteiger partial charge in [0.1, 0.15) is 0 Å². The van der Waals surface area contributed by atoms with Gasteiger partial charge in [0, 0.05) is 12.2 Å². The van der Waals surface area contributed by atoms with Crippen molar-refractivity contribution in [2.24, 2.45) is 5.73 Å². The van der Waals surface area contributed by atoms with Gasteiger partial charge >= 0.3 is 0 Å². The first-order valence-corrected chi connectivity index (χ1v) is 4.27. The van der Waals surface area contributed by atoms with E-state index in [-0.39, 0.29) is 0 Å². The van der Waals surface area contributed by atoms with E-state index in [2.05, 4.69) is 22.4 Å². The van der Waals surface area contributed by atoms with Crippen LogP contribution in [0.2, 0.25) is 0 Å². The lowest BCUT2D eigenvalue weighted by Crippen LogP contribution is -2.22. The highest BCUT2D eigenvalue weighted by Gasteiger charge is 2.03. The summed E-state index contributed by atoms with van der Waals surface area (Å²) in [6.07, 6.45) is 2.77. The Kier molecular flexibility index (Phi) is 3.76. The molecular formula is C8H16N4. The topological polar surface area (TPSA) is 66.7 Å². The number of aromatic amines is 1. The maximum Gasteiger partial charge on any atom is 0.0518 e. The van der Waals surface area contributed by atoms with Crippen molar-refractivity contribution in [1.29, 1.82) is 0 Å². The molecule has 0 radical (unpaired) electrons. The zero-order valence-electron chi connectivity index (χ0n) is 7.38. The first-order chi connectivity index (χ1) is 5.84. The Hall–Kier alpha value is -0.870. The van der Waals surface area contributed by atoms with Crippen LogP contribution >= 0.6 is 0 Å². The summed E-state index contributed by atoms with van der Waals surface area (Å²) in [4.78, 5) is 0. The monoisotopic (exact) mass is 168 g/mol. The van der Waals surface area contributed by atoms with Gasteiger partial charge in [0.25, 0.3) is 0 Å². The van der Waals surface area contributed by atoms with Crippen LogP contribution in [0.15, 0.2) is 12.3 Å². The van der Waals surface area contributed by atoms with Gasteiger partial charge in [0.2, 0.25) is 0 Å². The Morgan fingerprint density at radius 2 is 2.58 bits per heavy atom. The first-order valence-electron chi connectivity index (χ1n) is 4.27. The summed E-state index contributed by atoms with van der Waals surface area (Å²) in [6.45, 7) is 3.80. The van der Waals surface area contributed by atoms with Gasteiger partial charge in [-0.25, -0.2) is 0 Å². The molecular weight excluding hydrogens is 152 g/mol. The quantitative estimate of drug-likeness (QED) is 0.558. The van der Waals surface area contributed by atoms with Crippen molar-refractivity contribution < 1.29 is 0 Å². The molecule has 68 valence electrons. The third-order valence-corrected chi connectivity index (χ3v) is 1.82. The van der Waals surface area contributed by atoms with Crippen LogP contribution in [0.1, 0.15) is 25.1 Å². The van der Waals surface area contributed by atoms with Crippen molar-refractivity contribution in [1.82, 2.24) is 15.5 Å². The molecule has 1 aromatic heterocycles. The van der Waals surface area contributed by atoms with Gasteiger partial charge in [0.05, 0.1) is 5.69 Å². The van der Waals surface area contributed by atoms with E-state index in [1.54, 1.807) is 6.20 Å². The second-order valence-electron chi connectivity index (χ2n) is 2.83. The number of H-pyrrole nitrogens is 1. The van der Waals surface area contributed by atoms with Gasteiger partial charge in [-0.15, -0.1) is 0 Å². The minimum Gasteiger partial charge on any atom is -0.330 e. The lowest BCUT2D eigenvalue weighted by molar-refractivity contribution is 0.549. The lowest BCUT2D eigenvalue weighted by Gasteiger charge is -2.10. The molecule has 1 aromatic rings. The zero-order valence-corrected chi connectivity index (χ0v) is 7.38. The van der Waals surface area contributed by atoms with E-state index in [9.17, 15) is 0 Å². The van der Waals surface area contributed by atoms with E-state index in [1.165, 1.54) is 0 Å². The van der Waals surface area contributed by atoms with Crippen LogP contribution in [0.4, 0.5) is 0 Å². The van der Waals surface area contributed by atoms with Crippen molar-refractivity contribution >= 4 is 0 Å². The fourth-order valence-electron chi connectivity index (χ4n) is 1.04. The van der Waals surface area contributed by atoms with Crippen molar-refractivity contribution in [3.8, 4) is 0 Å². The molecule has 4 nitrogen and oxygen atoms in total. The third-order valence-electron chi connectivity index (χ3n) is 1.82. The molecule has 0 aliphatic rings. The van der Waals surface area contributed by atoms with E-state index in [0.717, 1.165) is 25.2 Å². The van der Waals surface area contributed by atoms with Gasteiger partial charge in [-0.2, -0.15) is 5.10 Å². The molecule has 0 amide bonds. The molecule has 0 saturated heterocycles.